The second kappa shape index (κ2) is 5.40. The molecule has 0 bridgehead atoms. The fourth-order valence-electron chi connectivity index (χ4n) is 2.22. The van der Waals surface area contributed by atoms with Crippen LogP contribution < -0.4 is 5.32 Å². The monoisotopic (exact) mass is 379 g/mol. The topological polar surface area (TPSA) is 51.0 Å². The molecule has 0 aliphatic rings. The first-order valence-electron chi connectivity index (χ1n) is 6.45. The van der Waals surface area contributed by atoms with Gasteiger partial charge in [0.1, 0.15) is 17.2 Å². The van der Waals surface area contributed by atoms with Crippen LogP contribution in [0.3, 0.4) is 0 Å². The van der Waals surface area contributed by atoms with Gasteiger partial charge in [-0.2, -0.15) is 0 Å². The van der Waals surface area contributed by atoms with Crippen LogP contribution in [0.25, 0.3) is 22.4 Å². The van der Waals surface area contributed by atoms with Crippen LogP contribution in [0, 0.1) is 10.5 Å². The minimum absolute atomic E-state index is 0.698. The number of nitrogens with zero attached hydrogens (tertiary/aromatic N) is 2. The molecule has 0 radical (unpaired) electrons. The lowest BCUT2D eigenvalue weighted by Crippen LogP contribution is -2.03. The molecule has 3 aromatic rings. The largest absolute Gasteiger partial charge is 0.461 e. The Labute approximate surface area is 130 Å². The number of anilines is 1. The lowest BCUT2D eigenvalue weighted by atomic mass is 10.1. The molecule has 2 heterocycles. The molecule has 0 unspecified atom stereocenters. The predicted octanol–water partition coefficient (Wildman–Crippen LogP) is 4.23. The SMILES string of the molecule is CCNc1nc(-c2c(C)oc3ccccc23)ncc1I. The normalized spacial score (nSPS) is 10.9. The molecule has 3 rings (SSSR count). The number of aryl methyl sites for hydroxylation is 1. The zero-order valence-corrected chi connectivity index (χ0v) is 13.4. The maximum Gasteiger partial charge on any atom is 0.165 e. The highest BCUT2D eigenvalue weighted by Crippen LogP contribution is 2.33. The third kappa shape index (κ3) is 2.26. The summed E-state index contributed by atoms with van der Waals surface area (Å²) in [4.78, 5) is 9.08. The number of nitrogens with one attached hydrogen (secondary N) is 1. The summed E-state index contributed by atoms with van der Waals surface area (Å²) in [6, 6.07) is 7.96. The maximum atomic E-state index is 5.78. The van der Waals surface area contributed by atoms with Crippen LogP contribution in [0.4, 0.5) is 5.82 Å². The van der Waals surface area contributed by atoms with Crippen LogP contribution in [0.15, 0.2) is 34.9 Å². The summed E-state index contributed by atoms with van der Waals surface area (Å²) in [5.74, 6) is 2.40. The van der Waals surface area contributed by atoms with Crippen molar-refractivity contribution in [3.05, 3.63) is 39.8 Å². The van der Waals surface area contributed by atoms with Gasteiger partial charge in [0.05, 0.1) is 9.13 Å². The van der Waals surface area contributed by atoms with Gasteiger partial charge in [-0.05, 0) is 42.5 Å². The molecule has 0 aliphatic carbocycles. The lowest BCUT2D eigenvalue weighted by molar-refractivity contribution is 0.579. The highest BCUT2D eigenvalue weighted by atomic mass is 127. The van der Waals surface area contributed by atoms with E-state index in [0.717, 1.165) is 38.2 Å². The highest BCUT2D eigenvalue weighted by molar-refractivity contribution is 14.1. The van der Waals surface area contributed by atoms with Gasteiger partial charge in [0, 0.05) is 18.1 Å². The summed E-state index contributed by atoms with van der Waals surface area (Å²) in [7, 11) is 0. The van der Waals surface area contributed by atoms with E-state index in [1.165, 1.54) is 0 Å². The van der Waals surface area contributed by atoms with E-state index >= 15 is 0 Å². The van der Waals surface area contributed by atoms with E-state index in [-0.39, 0.29) is 0 Å². The van der Waals surface area contributed by atoms with Gasteiger partial charge < -0.3 is 9.73 Å². The summed E-state index contributed by atoms with van der Waals surface area (Å²) in [5, 5.41) is 4.31. The molecule has 0 spiro atoms. The lowest BCUT2D eigenvalue weighted by Gasteiger charge is -2.07. The average molecular weight is 379 g/mol. The van der Waals surface area contributed by atoms with Crippen LogP contribution >= 0.6 is 22.6 Å². The summed E-state index contributed by atoms with van der Waals surface area (Å²) in [6.45, 7) is 4.83. The van der Waals surface area contributed by atoms with E-state index in [9.17, 15) is 0 Å². The minimum Gasteiger partial charge on any atom is -0.461 e. The van der Waals surface area contributed by atoms with Crippen LogP contribution in [-0.2, 0) is 0 Å². The van der Waals surface area contributed by atoms with Crippen LogP contribution in [0.1, 0.15) is 12.7 Å². The molecule has 0 saturated carbocycles. The quantitative estimate of drug-likeness (QED) is 0.692. The molecule has 0 aliphatic heterocycles. The summed E-state index contributed by atoms with van der Waals surface area (Å²) < 4.78 is 6.79. The van der Waals surface area contributed by atoms with E-state index in [2.05, 4.69) is 44.8 Å². The molecular formula is C15H14IN3O. The molecule has 1 aromatic carbocycles. The Bertz CT molecular complexity index is 767. The number of aromatic nitrogens is 2. The molecule has 0 fully saturated rings. The summed E-state index contributed by atoms with van der Waals surface area (Å²) >= 11 is 2.23. The average Bonchev–Trinajstić information content (AvgIpc) is 2.77. The molecule has 0 amide bonds. The summed E-state index contributed by atoms with van der Waals surface area (Å²) in [6.07, 6.45) is 1.84. The molecule has 20 heavy (non-hydrogen) atoms. The van der Waals surface area contributed by atoms with Gasteiger partial charge in [0.15, 0.2) is 5.82 Å². The fourth-order valence-corrected chi connectivity index (χ4v) is 2.68. The van der Waals surface area contributed by atoms with E-state index in [1.807, 2.05) is 37.4 Å². The van der Waals surface area contributed by atoms with Gasteiger partial charge in [0.25, 0.3) is 0 Å². The molecule has 102 valence electrons. The molecular weight excluding hydrogens is 365 g/mol. The Morgan fingerprint density at radius 3 is 2.90 bits per heavy atom. The Morgan fingerprint density at radius 1 is 1.30 bits per heavy atom. The molecule has 0 atom stereocenters. The smallest absolute Gasteiger partial charge is 0.165 e. The number of hydrogen-bond acceptors (Lipinski definition) is 4. The van der Waals surface area contributed by atoms with Crippen molar-refractivity contribution in [3.8, 4) is 11.4 Å². The third-order valence-corrected chi connectivity index (χ3v) is 3.87. The number of halogens is 1. The standard InChI is InChI=1S/C15H14IN3O/c1-3-17-14-11(16)8-18-15(19-14)13-9(2)20-12-7-5-4-6-10(12)13/h4-8H,3H2,1-2H3,(H,17,18,19). The van der Waals surface area contributed by atoms with Crippen LogP contribution in [0.2, 0.25) is 0 Å². The third-order valence-electron chi connectivity index (χ3n) is 3.08. The summed E-state index contributed by atoms with van der Waals surface area (Å²) in [5.41, 5.74) is 1.84. The van der Waals surface area contributed by atoms with E-state index in [4.69, 9.17) is 4.42 Å². The zero-order chi connectivity index (χ0) is 14.1. The van der Waals surface area contributed by atoms with Gasteiger partial charge in [-0.3, -0.25) is 0 Å². The van der Waals surface area contributed by atoms with Crippen molar-refractivity contribution >= 4 is 39.4 Å². The number of furan rings is 1. The van der Waals surface area contributed by atoms with E-state index in [1.54, 1.807) is 0 Å². The van der Waals surface area contributed by atoms with Crippen molar-refractivity contribution in [2.45, 2.75) is 13.8 Å². The number of para-hydroxylation sites is 1. The van der Waals surface area contributed by atoms with Crippen molar-refractivity contribution in [2.75, 3.05) is 11.9 Å². The Kier molecular flexibility index (Phi) is 3.60. The predicted molar refractivity (Wildman–Crippen MR) is 88.9 cm³/mol. The number of benzene rings is 1. The number of hydrogen-bond donors (Lipinski definition) is 1. The van der Waals surface area contributed by atoms with Gasteiger partial charge in [0.2, 0.25) is 0 Å². The highest BCUT2D eigenvalue weighted by Gasteiger charge is 2.16. The molecule has 0 saturated heterocycles. The molecule has 4 nitrogen and oxygen atoms in total. The maximum absolute atomic E-state index is 5.78. The van der Waals surface area contributed by atoms with Crippen molar-refractivity contribution in [1.82, 2.24) is 9.97 Å². The second-order valence-electron chi connectivity index (χ2n) is 4.45. The van der Waals surface area contributed by atoms with Gasteiger partial charge in [-0.15, -0.1) is 0 Å². The second-order valence-corrected chi connectivity index (χ2v) is 5.61. The van der Waals surface area contributed by atoms with Crippen molar-refractivity contribution in [1.29, 1.82) is 0 Å². The van der Waals surface area contributed by atoms with Crippen molar-refractivity contribution in [3.63, 3.8) is 0 Å². The number of fused-ring (bicyclic) bond motifs is 1. The minimum atomic E-state index is 0.698. The van der Waals surface area contributed by atoms with Gasteiger partial charge >= 0.3 is 0 Å². The van der Waals surface area contributed by atoms with Crippen LogP contribution in [-0.4, -0.2) is 16.5 Å². The fraction of sp³-hybridized carbons (Fsp3) is 0.200. The first kappa shape index (κ1) is 13.4. The Balaban J connectivity index is 2.20. The molecule has 1 N–H and O–H groups in total. The van der Waals surface area contributed by atoms with Crippen molar-refractivity contribution < 1.29 is 4.42 Å². The first-order chi connectivity index (χ1) is 9.70. The van der Waals surface area contributed by atoms with Gasteiger partial charge in [-0.25, -0.2) is 9.97 Å². The Morgan fingerprint density at radius 2 is 2.10 bits per heavy atom. The molecule has 2 aromatic heterocycles. The zero-order valence-electron chi connectivity index (χ0n) is 11.3. The van der Waals surface area contributed by atoms with Crippen LogP contribution in [0.5, 0.6) is 0 Å². The van der Waals surface area contributed by atoms with Gasteiger partial charge in [-0.1, -0.05) is 18.2 Å². The molecule has 5 heteroatoms. The Hall–Kier alpha value is -1.63. The first-order valence-corrected chi connectivity index (χ1v) is 7.53. The van der Waals surface area contributed by atoms with E-state index < -0.39 is 0 Å². The number of rotatable bonds is 3. The van der Waals surface area contributed by atoms with E-state index in [0.29, 0.717) is 5.82 Å². The van der Waals surface area contributed by atoms with Crippen molar-refractivity contribution in [2.24, 2.45) is 0 Å².